The smallest absolute Gasteiger partial charge is 0.359 e. The summed E-state index contributed by atoms with van der Waals surface area (Å²) in [4.78, 5) is 15.4. The minimum Gasteiger partial charge on any atom is -0.464 e. The summed E-state index contributed by atoms with van der Waals surface area (Å²) in [5.41, 5.74) is 6.77. The third-order valence-electron chi connectivity index (χ3n) is 2.09. The molecule has 2 aromatic rings. The van der Waals surface area contributed by atoms with Crippen molar-refractivity contribution in [3.05, 3.63) is 23.6 Å². The number of rotatable bonds is 2. The molecular formula is C10H10N2O3S. The first kappa shape index (κ1) is 10.7. The zero-order valence-electron chi connectivity index (χ0n) is 8.81. The average Bonchev–Trinajstić information content (AvgIpc) is 2.83. The molecule has 6 heteroatoms. The van der Waals surface area contributed by atoms with E-state index in [4.69, 9.17) is 10.2 Å². The maximum absolute atomic E-state index is 11.3. The Morgan fingerprint density at radius 1 is 1.62 bits per heavy atom. The molecule has 2 N–H and O–H groups in total. The van der Waals surface area contributed by atoms with Crippen LogP contribution in [-0.4, -0.2) is 18.1 Å². The number of methoxy groups -OCH3 is 1. The second-order valence-corrected chi connectivity index (χ2v) is 4.19. The second-order valence-electron chi connectivity index (χ2n) is 3.16. The second kappa shape index (κ2) is 3.97. The summed E-state index contributed by atoms with van der Waals surface area (Å²) in [5, 5.41) is 0.915. The van der Waals surface area contributed by atoms with Crippen LogP contribution >= 0.6 is 11.3 Å². The third kappa shape index (κ3) is 1.67. The van der Waals surface area contributed by atoms with Crippen LogP contribution in [0.1, 0.15) is 16.1 Å². The standard InChI is InChI=1S/C10H10N2O3S/c1-5-3-4-15-7(5)9-12-6(8(11)16-9)10(13)14-2/h3-4H,11H2,1-2H3. The summed E-state index contributed by atoms with van der Waals surface area (Å²) in [6, 6.07) is 1.82. The van der Waals surface area contributed by atoms with Gasteiger partial charge >= 0.3 is 5.97 Å². The minimum absolute atomic E-state index is 0.137. The van der Waals surface area contributed by atoms with Gasteiger partial charge in [0.1, 0.15) is 5.00 Å². The summed E-state index contributed by atoms with van der Waals surface area (Å²) < 4.78 is 9.84. The lowest BCUT2D eigenvalue weighted by Crippen LogP contribution is -2.04. The van der Waals surface area contributed by atoms with E-state index < -0.39 is 5.97 Å². The molecule has 0 saturated carbocycles. The van der Waals surface area contributed by atoms with Crippen LogP contribution in [0.4, 0.5) is 5.00 Å². The van der Waals surface area contributed by atoms with Crippen molar-refractivity contribution in [2.24, 2.45) is 0 Å². The van der Waals surface area contributed by atoms with Gasteiger partial charge in [0, 0.05) is 0 Å². The van der Waals surface area contributed by atoms with Gasteiger partial charge in [-0.1, -0.05) is 11.3 Å². The van der Waals surface area contributed by atoms with Gasteiger partial charge < -0.3 is 14.9 Å². The van der Waals surface area contributed by atoms with Gasteiger partial charge in [0.2, 0.25) is 0 Å². The molecule has 0 bridgehead atoms. The number of nitrogens with two attached hydrogens (primary N) is 1. The van der Waals surface area contributed by atoms with Crippen molar-refractivity contribution in [1.82, 2.24) is 4.98 Å². The lowest BCUT2D eigenvalue weighted by Gasteiger charge is -1.93. The monoisotopic (exact) mass is 238 g/mol. The molecule has 0 radical (unpaired) electrons. The third-order valence-corrected chi connectivity index (χ3v) is 2.97. The van der Waals surface area contributed by atoms with Gasteiger partial charge in [0.15, 0.2) is 16.5 Å². The highest BCUT2D eigenvalue weighted by Crippen LogP contribution is 2.32. The Bertz CT molecular complexity index is 530. The normalized spacial score (nSPS) is 10.4. The number of furan rings is 1. The van der Waals surface area contributed by atoms with Crippen LogP contribution < -0.4 is 5.73 Å². The number of esters is 1. The molecule has 5 nitrogen and oxygen atoms in total. The molecule has 0 unspecified atom stereocenters. The van der Waals surface area contributed by atoms with Gasteiger partial charge in [-0.05, 0) is 18.6 Å². The fourth-order valence-corrected chi connectivity index (χ4v) is 2.14. The van der Waals surface area contributed by atoms with E-state index in [-0.39, 0.29) is 5.69 Å². The quantitative estimate of drug-likeness (QED) is 0.810. The summed E-state index contributed by atoms with van der Waals surface area (Å²) in [6.07, 6.45) is 1.57. The van der Waals surface area contributed by atoms with Gasteiger partial charge in [-0.2, -0.15) is 0 Å². The number of hydrogen-bond acceptors (Lipinski definition) is 6. The number of aromatic nitrogens is 1. The van der Waals surface area contributed by atoms with Crippen LogP contribution in [-0.2, 0) is 4.74 Å². The highest BCUT2D eigenvalue weighted by atomic mass is 32.1. The predicted octanol–water partition coefficient (Wildman–Crippen LogP) is 2.08. The summed E-state index contributed by atoms with van der Waals surface area (Å²) in [5.74, 6) is 0.0936. The van der Waals surface area contributed by atoms with Crippen LogP contribution in [0.5, 0.6) is 0 Å². The van der Waals surface area contributed by atoms with Crippen molar-refractivity contribution in [3.63, 3.8) is 0 Å². The molecule has 2 rings (SSSR count). The van der Waals surface area contributed by atoms with Crippen LogP contribution in [0.15, 0.2) is 16.7 Å². The number of anilines is 1. The van der Waals surface area contributed by atoms with Crippen molar-refractivity contribution < 1.29 is 13.9 Å². The largest absolute Gasteiger partial charge is 0.464 e. The van der Waals surface area contributed by atoms with Crippen LogP contribution in [0, 0.1) is 6.92 Å². The Kier molecular flexibility index (Phi) is 2.66. The van der Waals surface area contributed by atoms with Crippen LogP contribution in [0.2, 0.25) is 0 Å². The molecule has 0 spiro atoms. The zero-order valence-corrected chi connectivity index (χ0v) is 9.63. The molecule has 84 valence electrons. The molecule has 0 fully saturated rings. The molecule has 0 aliphatic heterocycles. The minimum atomic E-state index is -0.538. The first-order valence-electron chi connectivity index (χ1n) is 4.52. The van der Waals surface area contributed by atoms with E-state index in [1.807, 2.05) is 13.0 Å². The Hall–Kier alpha value is -1.82. The lowest BCUT2D eigenvalue weighted by molar-refractivity contribution is 0.0596. The van der Waals surface area contributed by atoms with Crippen LogP contribution in [0.3, 0.4) is 0 Å². The topological polar surface area (TPSA) is 78.3 Å². The highest BCUT2D eigenvalue weighted by Gasteiger charge is 2.19. The fourth-order valence-electron chi connectivity index (χ4n) is 1.26. The van der Waals surface area contributed by atoms with E-state index in [0.29, 0.717) is 15.8 Å². The van der Waals surface area contributed by atoms with E-state index >= 15 is 0 Å². The molecule has 0 amide bonds. The molecule has 0 atom stereocenters. The summed E-state index contributed by atoms with van der Waals surface area (Å²) in [7, 11) is 1.29. The number of nitrogens with zero attached hydrogens (tertiary/aromatic N) is 1. The number of hydrogen-bond donors (Lipinski definition) is 1. The Morgan fingerprint density at radius 3 is 2.94 bits per heavy atom. The Morgan fingerprint density at radius 2 is 2.38 bits per heavy atom. The number of ether oxygens (including phenoxy) is 1. The lowest BCUT2D eigenvalue weighted by atomic mass is 10.3. The zero-order chi connectivity index (χ0) is 11.7. The maximum atomic E-state index is 11.3. The van der Waals surface area contributed by atoms with Crippen molar-refractivity contribution in [3.8, 4) is 10.8 Å². The van der Waals surface area contributed by atoms with Gasteiger partial charge in [-0.15, -0.1) is 0 Å². The predicted molar refractivity (Wildman–Crippen MR) is 60.3 cm³/mol. The first-order chi connectivity index (χ1) is 7.63. The van der Waals surface area contributed by atoms with E-state index in [1.54, 1.807) is 6.26 Å². The number of carbonyl (C=O) groups is 1. The van der Waals surface area contributed by atoms with Gasteiger partial charge in [0.25, 0.3) is 0 Å². The fraction of sp³-hybridized carbons (Fsp3) is 0.200. The first-order valence-corrected chi connectivity index (χ1v) is 5.34. The molecular weight excluding hydrogens is 228 g/mol. The summed E-state index contributed by atoms with van der Waals surface area (Å²) in [6.45, 7) is 1.90. The number of nitrogen functional groups attached to an aromatic ring is 1. The van der Waals surface area contributed by atoms with Crippen molar-refractivity contribution in [2.45, 2.75) is 6.92 Å². The molecule has 0 aliphatic carbocycles. The van der Waals surface area contributed by atoms with Crippen molar-refractivity contribution >= 4 is 22.3 Å². The van der Waals surface area contributed by atoms with Gasteiger partial charge in [-0.3, -0.25) is 0 Å². The Labute approximate surface area is 95.9 Å². The van der Waals surface area contributed by atoms with E-state index in [9.17, 15) is 4.79 Å². The molecule has 0 saturated heterocycles. The SMILES string of the molecule is COC(=O)c1nc(-c2occc2C)sc1N. The highest BCUT2D eigenvalue weighted by molar-refractivity contribution is 7.19. The Balaban J connectivity index is 2.46. The number of carbonyl (C=O) groups excluding carboxylic acids is 1. The molecule has 2 aromatic heterocycles. The van der Waals surface area contributed by atoms with Gasteiger partial charge in [-0.25, -0.2) is 9.78 Å². The number of thiazole rings is 1. The maximum Gasteiger partial charge on any atom is 0.359 e. The molecule has 0 aromatic carbocycles. The molecule has 0 aliphatic rings. The number of aryl methyl sites for hydroxylation is 1. The van der Waals surface area contributed by atoms with E-state index in [2.05, 4.69) is 9.72 Å². The van der Waals surface area contributed by atoms with Crippen molar-refractivity contribution in [2.75, 3.05) is 12.8 Å². The molecule has 2 heterocycles. The van der Waals surface area contributed by atoms with E-state index in [0.717, 1.165) is 5.56 Å². The van der Waals surface area contributed by atoms with Crippen molar-refractivity contribution in [1.29, 1.82) is 0 Å². The van der Waals surface area contributed by atoms with Crippen LogP contribution in [0.25, 0.3) is 10.8 Å². The average molecular weight is 238 g/mol. The van der Waals surface area contributed by atoms with E-state index in [1.165, 1.54) is 18.4 Å². The summed E-state index contributed by atoms with van der Waals surface area (Å²) >= 11 is 1.20. The molecule has 16 heavy (non-hydrogen) atoms. The van der Waals surface area contributed by atoms with Gasteiger partial charge in [0.05, 0.1) is 13.4 Å².